The molecule has 0 spiro atoms. The minimum atomic E-state index is -0.234. The number of aromatic nitrogens is 1. The molecule has 0 aliphatic rings. The van der Waals surface area contributed by atoms with E-state index in [1.54, 1.807) is 0 Å². The maximum Gasteiger partial charge on any atom is 0.279 e. The molecule has 3 nitrogen and oxygen atoms in total. The molecule has 138 valence electrons. The summed E-state index contributed by atoms with van der Waals surface area (Å²) in [6.45, 7) is 4.07. The predicted octanol–water partition coefficient (Wildman–Crippen LogP) is 5.56. The first-order valence-corrected chi connectivity index (χ1v) is 9.98. The van der Waals surface area contributed by atoms with Crippen molar-refractivity contribution in [2.45, 2.75) is 13.8 Å². The molecule has 0 radical (unpaired) electrons. The fraction of sp³-hybridized carbons (Fsp3) is 0.0833. The number of benzene rings is 3. The predicted molar refractivity (Wildman–Crippen MR) is 115 cm³/mol. The molecule has 0 fully saturated rings. The van der Waals surface area contributed by atoms with E-state index >= 15 is 0 Å². The standard InChI is InChI=1S/C24H20N2OS/c1-17-8-12-19(13-9-17)22-16-28-24(26(22)21-6-4-3-5-7-21)25-23(27)20-14-10-18(2)11-15-20/h3-16H,1-2H3. The summed E-state index contributed by atoms with van der Waals surface area (Å²) in [5, 5.41) is 2.05. The van der Waals surface area contributed by atoms with Gasteiger partial charge in [-0.05, 0) is 43.7 Å². The summed E-state index contributed by atoms with van der Waals surface area (Å²) >= 11 is 1.47. The Labute approximate surface area is 168 Å². The van der Waals surface area contributed by atoms with Crippen molar-refractivity contribution >= 4 is 17.2 Å². The first kappa shape index (κ1) is 18.1. The van der Waals surface area contributed by atoms with Crippen LogP contribution in [0.2, 0.25) is 0 Å². The first-order valence-electron chi connectivity index (χ1n) is 9.10. The van der Waals surface area contributed by atoms with E-state index in [1.165, 1.54) is 16.9 Å². The molecular formula is C24H20N2OS. The second kappa shape index (κ2) is 7.79. The molecule has 4 aromatic rings. The highest BCUT2D eigenvalue weighted by molar-refractivity contribution is 7.07. The Kier molecular flexibility index (Phi) is 5.04. The van der Waals surface area contributed by atoms with Crippen LogP contribution in [0, 0.1) is 13.8 Å². The second-order valence-corrected chi connectivity index (χ2v) is 7.56. The van der Waals surface area contributed by atoms with Gasteiger partial charge in [0.25, 0.3) is 5.91 Å². The zero-order valence-corrected chi connectivity index (χ0v) is 16.6. The monoisotopic (exact) mass is 384 g/mol. The number of para-hydroxylation sites is 1. The lowest BCUT2D eigenvalue weighted by Crippen LogP contribution is -2.16. The number of carbonyl (C=O) groups is 1. The smallest absolute Gasteiger partial charge is 0.279 e. The molecule has 4 heteroatoms. The molecule has 0 unspecified atom stereocenters. The Morgan fingerprint density at radius 3 is 2.07 bits per heavy atom. The molecular weight excluding hydrogens is 364 g/mol. The van der Waals surface area contributed by atoms with Crippen molar-refractivity contribution in [3.8, 4) is 16.9 Å². The van der Waals surface area contributed by atoms with E-state index in [9.17, 15) is 4.79 Å². The van der Waals surface area contributed by atoms with Crippen LogP contribution in [-0.2, 0) is 0 Å². The van der Waals surface area contributed by atoms with Gasteiger partial charge in [-0.15, -0.1) is 11.3 Å². The highest BCUT2D eigenvalue weighted by Crippen LogP contribution is 2.24. The quantitative estimate of drug-likeness (QED) is 0.455. The fourth-order valence-electron chi connectivity index (χ4n) is 2.99. The number of rotatable bonds is 3. The van der Waals surface area contributed by atoms with Crippen molar-refractivity contribution in [2.75, 3.05) is 0 Å². The van der Waals surface area contributed by atoms with Crippen LogP contribution in [-0.4, -0.2) is 10.5 Å². The molecule has 4 rings (SSSR count). The van der Waals surface area contributed by atoms with Gasteiger partial charge in [-0.1, -0.05) is 65.7 Å². The number of amides is 1. The average Bonchev–Trinajstić information content (AvgIpc) is 3.13. The molecule has 0 N–H and O–H groups in total. The molecule has 0 aliphatic carbocycles. The summed E-state index contributed by atoms with van der Waals surface area (Å²) in [4.78, 5) is 17.8. The van der Waals surface area contributed by atoms with Gasteiger partial charge in [0.1, 0.15) is 0 Å². The summed E-state index contributed by atoms with van der Waals surface area (Å²) in [7, 11) is 0. The van der Waals surface area contributed by atoms with Crippen LogP contribution in [0.1, 0.15) is 21.5 Å². The molecule has 0 saturated heterocycles. The number of aryl methyl sites for hydroxylation is 2. The van der Waals surface area contributed by atoms with Gasteiger partial charge in [0, 0.05) is 16.6 Å². The van der Waals surface area contributed by atoms with Crippen LogP contribution in [0.25, 0.3) is 16.9 Å². The van der Waals surface area contributed by atoms with Crippen LogP contribution in [0.4, 0.5) is 0 Å². The van der Waals surface area contributed by atoms with E-state index in [-0.39, 0.29) is 5.91 Å². The normalized spacial score (nSPS) is 11.6. The lowest BCUT2D eigenvalue weighted by Gasteiger charge is -2.09. The van der Waals surface area contributed by atoms with Gasteiger partial charge in [0.2, 0.25) is 0 Å². The average molecular weight is 385 g/mol. The van der Waals surface area contributed by atoms with Crippen LogP contribution in [0.3, 0.4) is 0 Å². The van der Waals surface area contributed by atoms with E-state index in [4.69, 9.17) is 0 Å². The van der Waals surface area contributed by atoms with Crippen LogP contribution < -0.4 is 4.80 Å². The fourth-order valence-corrected chi connectivity index (χ4v) is 3.89. The third-order valence-corrected chi connectivity index (χ3v) is 5.39. The van der Waals surface area contributed by atoms with Gasteiger partial charge in [0.15, 0.2) is 4.80 Å². The first-order chi connectivity index (χ1) is 13.6. The highest BCUT2D eigenvalue weighted by Gasteiger charge is 2.12. The van der Waals surface area contributed by atoms with Crippen molar-refractivity contribution in [3.05, 3.63) is 106 Å². The van der Waals surface area contributed by atoms with Gasteiger partial charge >= 0.3 is 0 Å². The van der Waals surface area contributed by atoms with E-state index < -0.39 is 0 Å². The number of hydrogen-bond donors (Lipinski definition) is 0. The zero-order chi connectivity index (χ0) is 19.5. The van der Waals surface area contributed by atoms with Gasteiger partial charge in [0.05, 0.1) is 5.69 Å². The third kappa shape index (κ3) is 3.73. The zero-order valence-electron chi connectivity index (χ0n) is 15.8. The Hall–Kier alpha value is -3.24. The minimum absolute atomic E-state index is 0.234. The Bertz CT molecular complexity index is 1170. The Morgan fingerprint density at radius 1 is 0.821 bits per heavy atom. The lowest BCUT2D eigenvalue weighted by molar-refractivity contribution is 0.0998. The molecule has 3 aromatic carbocycles. The van der Waals surface area contributed by atoms with Gasteiger partial charge < -0.3 is 0 Å². The summed E-state index contributed by atoms with van der Waals surface area (Å²) in [5.41, 5.74) is 6.02. The Balaban J connectivity index is 1.87. The van der Waals surface area contributed by atoms with E-state index in [2.05, 4.69) is 41.6 Å². The van der Waals surface area contributed by atoms with Crippen molar-refractivity contribution < 1.29 is 4.79 Å². The number of nitrogens with zero attached hydrogens (tertiary/aromatic N) is 2. The molecule has 0 atom stereocenters. The molecule has 0 aliphatic heterocycles. The molecule has 0 bridgehead atoms. The second-order valence-electron chi connectivity index (χ2n) is 6.72. The van der Waals surface area contributed by atoms with Crippen molar-refractivity contribution in [3.63, 3.8) is 0 Å². The minimum Gasteiger partial charge on any atom is -0.285 e. The van der Waals surface area contributed by atoms with Crippen LogP contribution in [0.15, 0.2) is 89.2 Å². The maximum absolute atomic E-state index is 12.7. The summed E-state index contributed by atoms with van der Waals surface area (Å²) < 4.78 is 2.04. The summed E-state index contributed by atoms with van der Waals surface area (Å²) in [6, 6.07) is 25.9. The highest BCUT2D eigenvalue weighted by atomic mass is 32.1. The molecule has 28 heavy (non-hydrogen) atoms. The van der Waals surface area contributed by atoms with E-state index in [0.717, 1.165) is 22.5 Å². The Morgan fingerprint density at radius 2 is 1.43 bits per heavy atom. The number of carbonyl (C=O) groups excluding carboxylic acids is 1. The molecule has 1 heterocycles. The van der Waals surface area contributed by atoms with Crippen LogP contribution in [0.5, 0.6) is 0 Å². The van der Waals surface area contributed by atoms with E-state index in [1.807, 2.05) is 66.1 Å². The lowest BCUT2D eigenvalue weighted by atomic mass is 10.1. The van der Waals surface area contributed by atoms with E-state index in [0.29, 0.717) is 10.4 Å². The van der Waals surface area contributed by atoms with Crippen molar-refractivity contribution in [2.24, 2.45) is 4.99 Å². The molecule has 1 amide bonds. The molecule has 0 saturated carbocycles. The summed E-state index contributed by atoms with van der Waals surface area (Å²) in [6.07, 6.45) is 0. The largest absolute Gasteiger partial charge is 0.285 e. The maximum atomic E-state index is 12.7. The SMILES string of the molecule is Cc1ccc(C(=O)N=c2scc(-c3ccc(C)cc3)n2-c2ccccc2)cc1. The van der Waals surface area contributed by atoms with Crippen LogP contribution >= 0.6 is 11.3 Å². The van der Waals surface area contributed by atoms with Gasteiger partial charge in [-0.25, -0.2) is 0 Å². The number of hydrogen-bond acceptors (Lipinski definition) is 2. The third-order valence-electron chi connectivity index (χ3n) is 4.57. The van der Waals surface area contributed by atoms with Crippen molar-refractivity contribution in [1.82, 2.24) is 4.57 Å². The van der Waals surface area contributed by atoms with Gasteiger partial charge in [-0.2, -0.15) is 4.99 Å². The van der Waals surface area contributed by atoms with Gasteiger partial charge in [-0.3, -0.25) is 9.36 Å². The topological polar surface area (TPSA) is 34.4 Å². The molecule has 1 aromatic heterocycles. The van der Waals surface area contributed by atoms with Crippen molar-refractivity contribution in [1.29, 1.82) is 0 Å². The summed E-state index contributed by atoms with van der Waals surface area (Å²) in [5.74, 6) is -0.234. The number of thiazole rings is 1.